The Hall–Kier alpha value is -2.47. The summed E-state index contributed by atoms with van der Waals surface area (Å²) in [6.45, 7) is 7.30. The summed E-state index contributed by atoms with van der Waals surface area (Å²) < 4.78 is 31.0. The first-order valence-electron chi connectivity index (χ1n) is 20.5. The second-order valence-electron chi connectivity index (χ2n) is 15.0. The summed E-state index contributed by atoms with van der Waals surface area (Å²) in [6.07, 6.45) is 21.4. The van der Waals surface area contributed by atoms with Crippen molar-refractivity contribution in [2.45, 2.75) is 192 Å². The molecule has 2 saturated heterocycles. The van der Waals surface area contributed by atoms with Crippen LogP contribution in [-0.2, 0) is 18.9 Å². The van der Waals surface area contributed by atoms with E-state index < -0.39 is 6.10 Å². The molecule has 2 aromatic rings. The zero-order valence-electron chi connectivity index (χ0n) is 31.9. The van der Waals surface area contributed by atoms with Gasteiger partial charge in [0.2, 0.25) is 0 Å². The maximum atomic E-state index is 11.1. The molecule has 0 amide bonds. The monoisotopic (exact) mass is 705 g/mol. The van der Waals surface area contributed by atoms with Gasteiger partial charge in [-0.3, -0.25) is 0 Å². The van der Waals surface area contributed by atoms with Crippen molar-refractivity contribution < 1.29 is 28.8 Å². The van der Waals surface area contributed by atoms with Crippen LogP contribution in [0.5, 0.6) is 5.75 Å². The van der Waals surface area contributed by atoms with Gasteiger partial charge in [0.1, 0.15) is 5.75 Å². The number of ether oxygens (including phenoxy) is 5. The minimum atomic E-state index is -0.439. The van der Waals surface area contributed by atoms with Crippen molar-refractivity contribution >= 4 is 0 Å². The maximum absolute atomic E-state index is 11.1. The molecule has 2 aliphatic heterocycles. The number of hydrogen-bond acceptors (Lipinski definition) is 7. The zero-order valence-corrected chi connectivity index (χ0v) is 31.9. The largest absolute Gasteiger partial charge is 0.494 e. The van der Waals surface area contributed by atoms with Crippen molar-refractivity contribution in [3.8, 4) is 22.9 Å². The van der Waals surface area contributed by atoms with E-state index in [1.165, 1.54) is 64.2 Å². The molecule has 51 heavy (non-hydrogen) atoms. The molecule has 4 rings (SSSR count). The fourth-order valence-electron chi connectivity index (χ4n) is 7.45. The second-order valence-corrected chi connectivity index (χ2v) is 15.0. The molecule has 0 bridgehead atoms. The lowest BCUT2D eigenvalue weighted by Gasteiger charge is -2.38. The lowest BCUT2D eigenvalue weighted by Crippen LogP contribution is -2.41. The molecule has 284 valence electrons. The highest BCUT2D eigenvalue weighted by atomic mass is 16.7. The quantitative estimate of drug-likeness (QED) is 0.109. The highest BCUT2D eigenvalue weighted by Crippen LogP contribution is 2.30. The second kappa shape index (κ2) is 24.0. The maximum Gasteiger partial charge on any atom is 0.158 e. The van der Waals surface area contributed by atoms with Gasteiger partial charge in [0.15, 0.2) is 12.6 Å². The number of aliphatic hydroxyl groups excluding tert-OH is 1. The molecule has 0 radical (unpaired) electrons. The van der Waals surface area contributed by atoms with E-state index in [2.05, 4.69) is 39.0 Å². The molecule has 7 atom stereocenters. The molecule has 7 unspecified atom stereocenters. The SMILES string of the molecule is CCCCCCCC1OC(C)CC(CC(O)CC2CC(CC)OC(CCCCCCCCCCOc3ccc(-c4ccc(C#N)cc4)cc3)O2)O1. The molecule has 1 N–H and O–H groups in total. The van der Waals surface area contributed by atoms with Crippen molar-refractivity contribution in [2.24, 2.45) is 0 Å². The van der Waals surface area contributed by atoms with E-state index in [0.29, 0.717) is 18.4 Å². The number of benzene rings is 2. The Bertz CT molecular complexity index is 1230. The van der Waals surface area contributed by atoms with Crippen molar-refractivity contribution in [2.75, 3.05) is 6.61 Å². The van der Waals surface area contributed by atoms with Gasteiger partial charge in [-0.2, -0.15) is 5.26 Å². The molecule has 0 saturated carbocycles. The summed E-state index contributed by atoms with van der Waals surface area (Å²) in [6, 6.07) is 18.0. The van der Waals surface area contributed by atoms with Crippen LogP contribution >= 0.6 is 0 Å². The van der Waals surface area contributed by atoms with Gasteiger partial charge in [-0.1, -0.05) is 102 Å². The number of rotatable bonds is 24. The van der Waals surface area contributed by atoms with Crippen LogP contribution < -0.4 is 4.74 Å². The Balaban J connectivity index is 1.02. The first-order valence-corrected chi connectivity index (χ1v) is 20.5. The molecule has 7 nitrogen and oxygen atoms in total. The van der Waals surface area contributed by atoms with Crippen molar-refractivity contribution in [3.63, 3.8) is 0 Å². The van der Waals surface area contributed by atoms with Crippen LogP contribution in [0.4, 0.5) is 0 Å². The normalized spacial score (nSPS) is 24.2. The van der Waals surface area contributed by atoms with Gasteiger partial charge < -0.3 is 28.8 Å². The summed E-state index contributed by atoms with van der Waals surface area (Å²) in [5.41, 5.74) is 2.90. The van der Waals surface area contributed by atoms with Gasteiger partial charge in [0.25, 0.3) is 0 Å². The third-order valence-electron chi connectivity index (χ3n) is 10.4. The molecule has 2 heterocycles. The molecule has 0 spiro atoms. The van der Waals surface area contributed by atoms with Crippen LogP contribution in [0.25, 0.3) is 11.1 Å². The van der Waals surface area contributed by atoms with Gasteiger partial charge in [-0.05, 0) is 100 Å². The summed E-state index contributed by atoms with van der Waals surface area (Å²) in [4.78, 5) is 0. The standard InChI is InChI=1S/C44H67NO6/c1-4-6-7-12-15-18-43-48-34(3)29-41(50-43)30-38(46)31-42-32-39(5-2)49-44(51-42)19-16-13-10-8-9-11-14-17-28-47-40-26-24-37(25-27-40)36-22-20-35(33-45)21-23-36/h20-27,34,38-39,41-44,46H,4-19,28-32H2,1-3H3. The molecule has 2 aliphatic rings. The number of hydrogen-bond donors (Lipinski definition) is 1. The van der Waals surface area contributed by atoms with Crippen LogP contribution in [-0.4, -0.2) is 54.8 Å². The summed E-state index contributed by atoms with van der Waals surface area (Å²) in [5, 5.41) is 20.1. The smallest absolute Gasteiger partial charge is 0.158 e. The van der Waals surface area contributed by atoms with Crippen molar-refractivity contribution in [1.29, 1.82) is 5.26 Å². The molecular formula is C44H67NO6. The summed E-state index contributed by atoms with van der Waals surface area (Å²) in [5.74, 6) is 0.905. The van der Waals surface area contributed by atoms with Gasteiger partial charge in [-0.25, -0.2) is 0 Å². The van der Waals surface area contributed by atoms with E-state index in [-0.39, 0.29) is 37.0 Å². The van der Waals surface area contributed by atoms with E-state index in [1.54, 1.807) is 0 Å². The number of nitriles is 1. The Morgan fingerprint density at radius 2 is 1.18 bits per heavy atom. The molecule has 0 aliphatic carbocycles. The Kier molecular flexibility index (Phi) is 19.4. The molecule has 0 aromatic heterocycles. The first kappa shape index (κ1) is 41.3. The molecular weight excluding hydrogens is 638 g/mol. The highest BCUT2D eigenvalue weighted by Gasteiger charge is 2.33. The Morgan fingerprint density at radius 3 is 1.76 bits per heavy atom. The van der Waals surface area contributed by atoms with Gasteiger partial charge >= 0.3 is 0 Å². The number of unbranched alkanes of at least 4 members (excludes halogenated alkanes) is 11. The van der Waals surface area contributed by atoms with Crippen molar-refractivity contribution in [3.05, 3.63) is 54.1 Å². The molecule has 2 fully saturated rings. The average molecular weight is 706 g/mol. The van der Waals surface area contributed by atoms with Crippen LogP contribution in [0.2, 0.25) is 0 Å². The minimum Gasteiger partial charge on any atom is -0.494 e. The van der Waals surface area contributed by atoms with Crippen molar-refractivity contribution in [1.82, 2.24) is 0 Å². The van der Waals surface area contributed by atoms with E-state index in [9.17, 15) is 5.11 Å². The third kappa shape index (κ3) is 16.0. The fraction of sp³-hybridized carbons (Fsp3) is 0.705. The molecule has 7 heteroatoms. The van der Waals surface area contributed by atoms with E-state index in [1.807, 2.05) is 36.4 Å². The van der Waals surface area contributed by atoms with Crippen LogP contribution in [0.15, 0.2) is 48.5 Å². The van der Waals surface area contributed by atoms with Gasteiger partial charge in [0.05, 0.1) is 48.8 Å². The first-order chi connectivity index (χ1) is 24.9. The Morgan fingerprint density at radius 1 is 0.667 bits per heavy atom. The predicted octanol–water partition coefficient (Wildman–Crippen LogP) is 11.0. The van der Waals surface area contributed by atoms with Crippen LogP contribution in [0.3, 0.4) is 0 Å². The summed E-state index contributed by atoms with van der Waals surface area (Å²) >= 11 is 0. The Labute approximate surface area is 309 Å². The number of nitrogens with zero attached hydrogens (tertiary/aromatic N) is 1. The van der Waals surface area contributed by atoms with E-state index in [0.717, 1.165) is 74.8 Å². The minimum absolute atomic E-state index is 0.0348. The van der Waals surface area contributed by atoms with E-state index >= 15 is 0 Å². The van der Waals surface area contributed by atoms with Gasteiger partial charge in [-0.15, -0.1) is 0 Å². The number of aliphatic hydroxyl groups is 1. The van der Waals surface area contributed by atoms with Crippen LogP contribution in [0.1, 0.15) is 155 Å². The van der Waals surface area contributed by atoms with E-state index in [4.69, 9.17) is 28.9 Å². The third-order valence-corrected chi connectivity index (χ3v) is 10.4. The lowest BCUT2D eigenvalue weighted by molar-refractivity contribution is -0.255. The fourth-order valence-corrected chi connectivity index (χ4v) is 7.45. The van der Waals surface area contributed by atoms with Crippen LogP contribution in [0, 0.1) is 11.3 Å². The average Bonchev–Trinajstić information content (AvgIpc) is 3.13. The molecule has 2 aromatic carbocycles. The topological polar surface area (TPSA) is 90.2 Å². The highest BCUT2D eigenvalue weighted by molar-refractivity contribution is 5.64. The predicted molar refractivity (Wildman–Crippen MR) is 205 cm³/mol. The summed E-state index contributed by atoms with van der Waals surface area (Å²) in [7, 11) is 0. The zero-order chi connectivity index (χ0) is 36.1. The van der Waals surface area contributed by atoms with Gasteiger partial charge in [0, 0.05) is 6.42 Å². The lowest BCUT2D eigenvalue weighted by atomic mass is 9.97.